The molecule has 176 valence electrons. The molecule has 0 N–H and O–H groups in total. The fourth-order valence-corrected chi connectivity index (χ4v) is 5.00. The Hall–Kier alpha value is -4.17. The number of ether oxygens (including phenoxy) is 3. The van der Waals surface area contributed by atoms with Gasteiger partial charge in [-0.05, 0) is 56.3 Å². The Kier molecular flexibility index (Phi) is 5.74. The van der Waals surface area contributed by atoms with Crippen LogP contribution in [0.2, 0.25) is 0 Å². The molecule has 2 heterocycles. The zero-order valence-corrected chi connectivity index (χ0v) is 20.3. The minimum atomic E-state index is -0.571. The molecule has 0 aliphatic rings. The first-order chi connectivity index (χ1) is 16.9. The van der Waals surface area contributed by atoms with E-state index in [2.05, 4.69) is 4.98 Å². The standard InChI is InChI=1S/C27H21NO6S/c1-14-19(34-27(30)16-9-11-20(31-3)21(13-16)32-4)12-10-17-24(29)23(15(2)33-25(14)17)26-28-18-7-5-6-8-22(18)35-26/h5-13H,1-4H3. The van der Waals surface area contributed by atoms with E-state index in [0.29, 0.717) is 55.7 Å². The molecular formula is C27H21NO6S. The molecule has 0 bridgehead atoms. The largest absolute Gasteiger partial charge is 0.493 e. The molecule has 0 saturated carbocycles. The van der Waals surface area contributed by atoms with Crippen molar-refractivity contribution in [1.29, 1.82) is 0 Å². The molecule has 0 atom stereocenters. The van der Waals surface area contributed by atoms with Gasteiger partial charge in [0, 0.05) is 5.56 Å². The van der Waals surface area contributed by atoms with Crippen molar-refractivity contribution in [2.45, 2.75) is 13.8 Å². The molecule has 0 saturated heterocycles. The fraction of sp³-hybridized carbons (Fsp3) is 0.148. The van der Waals surface area contributed by atoms with Gasteiger partial charge in [-0.1, -0.05) is 12.1 Å². The number of fused-ring (bicyclic) bond motifs is 2. The molecule has 3 aromatic carbocycles. The van der Waals surface area contributed by atoms with Crippen molar-refractivity contribution in [3.05, 3.63) is 81.7 Å². The molecule has 0 aliphatic carbocycles. The number of methoxy groups -OCH3 is 2. The summed E-state index contributed by atoms with van der Waals surface area (Å²) in [6, 6.07) is 15.7. The zero-order valence-electron chi connectivity index (χ0n) is 19.5. The van der Waals surface area contributed by atoms with Gasteiger partial charge < -0.3 is 18.6 Å². The maximum Gasteiger partial charge on any atom is 0.343 e. The van der Waals surface area contributed by atoms with Crippen LogP contribution in [0.5, 0.6) is 17.2 Å². The molecule has 0 radical (unpaired) electrons. The molecule has 0 amide bonds. The number of thiazole rings is 1. The first-order valence-electron chi connectivity index (χ1n) is 10.8. The van der Waals surface area contributed by atoms with Crippen LogP contribution in [0.25, 0.3) is 31.8 Å². The van der Waals surface area contributed by atoms with E-state index in [1.54, 1.807) is 44.2 Å². The molecule has 0 aliphatic heterocycles. The molecule has 0 spiro atoms. The molecule has 8 heteroatoms. The van der Waals surface area contributed by atoms with Gasteiger partial charge in [-0.15, -0.1) is 11.3 Å². The third kappa shape index (κ3) is 3.91. The third-order valence-electron chi connectivity index (χ3n) is 5.76. The maximum atomic E-state index is 13.4. The highest BCUT2D eigenvalue weighted by molar-refractivity contribution is 7.21. The highest BCUT2D eigenvalue weighted by Crippen LogP contribution is 2.34. The summed E-state index contributed by atoms with van der Waals surface area (Å²) in [4.78, 5) is 30.9. The molecular weight excluding hydrogens is 466 g/mol. The molecule has 7 nitrogen and oxygen atoms in total. The lowest BCUT2D eigenvalue weighted by atomic mass is 10.1. The Bertz CT molecular complexity index is 1630. The lowest BCUT2D eigenvalue weighted by Crippen LogP contribution is -2.11. The van der Waals surface area contributed by atoms with Crippen molar-refractivity contribution in [2.24, 2.45) is 0 Å². The predicted molar refractivity (Wildman–Crippen MR) is 135 cm³/mol. The van der Waals surface area contributed by atoms with Crippen LogP contribution in [-0.2, 0) is 0 Å². The summed E-state index contributed by atoms with van der Waals surface area (Å²) >= 11 is 1.45. The summed E-state index contributed by atoms with van der Waals surface area (Å²) < 4.78 is 23.2. The molecule has 0 unspecified atom stereocenters. The van der Waals surface area contributed by atoms with E-state index in [9.17, 15) is 9.59 Å². The number of esters is 1. The van der Waals surface area contributed by atoms with Gasteiger partial charge in [0.25, 0.3) is 0 Å². The van der Waals surface area contributed by atoms with Crippen LogP contribution in [0.15, 0.2) is 63.8 Å². The Morgan fingerprint density at radius 3 is 2.43 bits per heavy atom. The zero-order chi connectivity index (χ0) is 24.7. The Labute approximate surface area is 204 Å². The fourth-order valence-electron chi connectivity index (χ4n) is 3.94. The van der Waals surface area contributed by atoms with Crippen LogP contribution in [0.4, 0.5) is 0 Å². The molecule has 0 fully saturated rings. The number of nitrogens with zero attached hydrogens (tertiary/aromatic N) is 1. The van der Waals surface area contributed by atoms with E-state index in [1.165, 1.54) is 25.6 Å². The van der Waals surface area contributed by atoms with Gasteiger partial charge in [-0.25, -0.2) is 9.78 Å². The van der Waals surface area contributed by atoms with Gasteiger partial charge in [0.2, 0.25) is 5.43 Å². The number of para-hydroxylation sites is 1. The van der Waals surface area contributed by atoms with Gasteiger partial charge in [0.1, 0.15) is 22.1 Å². The molecule has 5 rings (SSSR count). The number of aryl methyl sites for hydroxylation is 2. The number of hydrogen-bond donors (Lipinski definition) is 0. The maximum absolute atomic E-state index is 13.4. The minimum absolute atomic E-state index is 0.177. The lowest BCUT2D eigenvalue weighted by Gasteiger charge is -2.12. The second-order valence-electron chi connectivity index (χ2n) is 7.87. The topological polar surface area (TPSA) is 87.9 Å². The van der Waals surface area contributed by atoms with Gasteiger partial charge in [-0.3, -0.25) is 4.79 Å². The van der Waals surface area contributed by atoms with Crippen molar-refractivity contribution < 1.29 is 23.4 Å². The van der Waals surface area contributed by atoms with Gasteiger partial charge >= 0.3 is 5.97 Å². The Morgan fingerprint density at radius 2 is 1.69 bits per heavy atom. The average molecular weight is 488 g/mol. The number of rotatable bonds is 5. The van der Waals surface area contributed by atoms with E-state index < -0.39 is 5.97 Å². The number of carbonyl (C=O) groups is 1. The summed E-state index contributed by atoms with van der Waals surface area (Å²) in [5.74, 6) is 1.10. The van der Waals surface area contributed by atoms with Crippen LogP contribution in [0.1, 0.15) is 21.7 Å². The lowest BCUT2D eigenvalue weighted by molar-refractivity contribution is 0.0733. The van der Waals surface area contributed by atoms with Crippen molar-refractivity contribution in [3.8, 4) is 27.8 Å². The normalized spacial score (nSPS) is 11.1. The van der Waals surface area contributed by atoms with Crippen LogP contribution in [-0.4, -0.2) is 25.2 Å². The molecule has 5 aromatic rings. The van der Waals surface area contributed by atoms with Crippen molar-refractivity contribution in [1.82, 2.24) is 4.98 Å². The quantitative estimate of drug-likeness (QED) is 0.224. The van der Waals surface area contributed by atoms with E-state index in [4.69, 9.17) is 18.6 Å². The van der Waals surface area contributed by atoms with Crippen LogP contribution in [0, 0.1) is 13.8 Å². The summed E-state index contributed by atoms with van der Waals surface area (Å²) in [5.41, 5.74) is 2.31. The average Bonchev–Trinajstić information content (AvgIpc) is 3.29. The Balaban J connectivity index is 1.54. The molecule has 35 heavy (non-hydrogen) atoms. The van der Waals surface area contributed by atoms with E-state index >= 15 is 0 Å². The SMILES string of the molecule is COc1ccc(C(=O)Oc2ccc3c(=O)c(-c4nc5ccccc5s4)c(C)oc3c2C)cc1OC. The van der Waals surface area contributed by atoms with E-state index in [-0.39, 0.29) is 5.43 Å². The van der Waals surface area contributed by atoms with Gasteiger partial charge in [0.15, 0.2) is 11.5 Å². The summed E-state index contributed by atoms with van der Waals surface area (Å²) in [5, 5.41) is 1.01. The first kappa shape index (κ1) is 22.6. The summed E-state index contributed by atoms with van der Waals surface area (Å²) in [6.07, 6.45) is 0. The van der Waals surface area contributed by atoms with Crippen molar-refractivity contribution >= 4 is 38.5 Å². The second kappa shape index (κ2) is 8.88. The Morgan fingerprint density at radius 1 is 0.943 bits per heavy atom. The summed E-state index contributed by atoms with van der Waals surface area (Å²) in [6.45, 7) is 3.49. The van der Waals surface area contributed by atoms with Crippen LogP contribution in [0.3, 0.4) is 0 Å². The number of hydrogen-bond acceptors (Lipinski definition) is 8. The third-order valence-corrected chi connectivity index (χ3v) is 6.82. The number of carbonyl (C=O) groups excluding carboxylic acids is 1. The van der Waals surface area contributed by atoms with E-state index in [0.717, 1.165) is 10.2 Å². The first-order valence-corrected chi connectivity index (χ1v) is 11.6. The van der Waals surface area contributed by atoms with E-state index in [1.807, 2.05) is 24.3 Å². The molecule has 2 aromatic heterocycles. The number of aromatic nitrogens is 1. The summed E-state index contributed by atoms with van der Waals surface area (Å²) in [7, 11) is 3.01. The monoisotopic (exact) mass is 487 g/mol. The number of benzene rings is 3. The second-order valence-corrected chi connectivity index (χ2v) is 8.90. The highest BCUT2D eigenvalue weighted by atomic mass is 32.1. The highest BCUT2D eigenvalue weighted by Gasteiger charge is 2.21. The predicted octanol–water partition coefficient (Wildman–Crippen LogP) is 5.92. The minimum Gasteiger partial charge on any atom is -0.493 e. The van der Waals surface area contributed by atoms with Crippen LogP contribution < -0.4 is 19.6 Å². The van der Waals surface area contributed by atoms with Crippen molar-refractivity contribution in [2.75, 3.05) is 14.2 Å². The van der Waals surface area contributed by atoms with Gasteiger partial charge in [-0.2, -0.15) is 0 Å². The van der Waals surface area contributed by atoms with Crippen molar-refractivity contribution in [3.63, 3.8) is 0 Å². The van der Waals surface area contributed by atoms with Crippen LogP contribution >= 0.6 is 11.3 Å². The van der Waals surface area contributed by atoms with Gasteiger partial charge in [0.05, 0.1) is 40.9 Å². The smallest absolute Gasteiger partial charge is 0.343 e.